The first-order valence-electron chi connectivity index (χ1n) is 6.74. The van der Waals surface area contributed by atoms with Crippen molar-refractivity contribution in [3.05, 3.63) is 54.0 Å². The fraction of sp³-hybridized carbons (Fsp3) is 0.250. The Balaban J connectivity index is 1.98. The molecule has 0 spiro atoms. The predicted molar refractivity (Wildman–Crippen MR) is 85.9 cm³/mol. The molecule has 0 bridgehead atoms. The maximum atomic E-state index is 12.2. The summed E-state index contributed by atoms with van der Waals surface area (Å²) in [5.74, 6) is 0.777. The standard InChI is InChI=1S/C16H17NO4S/c1-11(22-10-12-6-5-9-21-12)15(18)17-14-8-4-3-7-13(14)16(19)20-2/h3-9,11H,10H2,1-2H3,(H,17,18). The molecule has 1 aromatic heterocycles. The number of nitrogens with one attached hydrogen (secondary N) is 1. The number of esters is 1. The van der Waals surface area contributed by atoms with Gasteiger partial charge in [0.2, 0.25) is 5.91 Å². The number of carbonyl (C=O) groups excluding carboxylic acids is 2. The second-order valence-electron chi connectivity index (χ2n) is 4.56. The van der Waals surface area contributed by atoms with Gasteiger partial charge in [0.25, 0.3) is 0 Å². The van der Waals surface area contributed by atoms with Gasteiger partial charge in [-0.3, -0.25) is 4.79 Å². The molecule has 0 fully saturated rings. The van der Waals surface area contributed by atoms with E-state index in [-0.39, 0.29) is 11.2 Å². The van der Waals surface area contributed by atoms with Gasteiger partial charge in [-0.05, 0) is 31.2 Å². The lowest BCUT2D eigenvalue weighted by Crippen LogP contribution is -2.24. The van der Waals surface area contributed by atoms with Crippen molar-refractivity contribution >= 4 is 29.3 Å². The smallest absolute Gasteiger partial charge is 0.339 e. The molecule has 0 saturated heterocycles. The van der Waals surface area contributed by atoms with Gasteiger partial charge in [0.1, 0.15) is 5.76 Å². The molecule has 5 nitrogen and oxygen atoms in total. The molecular formula is C16H17NO4S. The number of amides is 1. The summed E-state index contributed by atoms with van der Waals surface area (Å²) in [4.78, 5) is 23.9. The molecule has 0 aliphatic rings. The minimum atomic E-state index is -0.480. The SMILES string of the molecule is COC(=O)c1ccccc1NC(=O)C(C)SCc1ccco1. The number of para-hydroxylation sites is 1. The summed E-state index contributed by atoms with van der Waals surface area (Å²) < 4.78 is 9.94. The molecule has 1 amide bonds. The van der Waals surface area contributed by atoms with Crippen molar-refractivity contribution < 1.29 is 18.7 Å². The first-order valence-corrected chi connectivity index (χ1v) is 7.79. The minimum Gasteiger partial charge on any atom is -0.468 e. The monoisotopic (exact) mass is 319 g/mol. The first kappa shape index (κ1) is 16.2. The maximum absolute atomic E-state index is 12.2. The van der Waals surface area contributed by atoms with E-state index in [0.717, 1.165) is 5.76 Å². The van der Waals surface area contributed by atoms with Crippen molar-refractivity contribution in [1.29, 1.82) is 0 Å². The molecule has 116 valence electrons. The highest BCUT2D eigenvalue weighted by molar-refractivity contribution is 7.99. The molecule has 2 rings (SSSR count). The van der Waals surface area contributed by atoms with Crippen LogP contribution in [0.1, 0.15) is 23.0 Å². The molecule has 1 heterocycles. The van der Waals surface area contributed by atoms with Crippen LogP contribution in [-0.2, 0) is 15.3 Å². The molecule has 0 aliphatic carbocycles. The molecule has 1 N–H and O–H groups in total. The van der Waals surface area contributed by atoms with Gasteiger partial charge in [-0.1, -0.05) is 12.1 Å². The van der Waals surface area contributed by atoms with Crippen LogP contribution in [0.4, 0.5) is 5.69 Å². The molecule has 1 aromatic carbocycles. The molecule has 2 aromatic rings. The van der Waals surface area contributed by atoms with Crippen LogP contribution in [0, 0.1) is 0 Å². The van der Waals surface area contributed by atoms with Crippen LogP contribution < -0.4 is 5.32 Å². The number of carbonyl (C=O) groups is 2. The van der Waals surface area contributed by atoms with Crippen LogP contribution in [0.15, 0.2) is 47.1 Å². The van der Waals surface area contributed by atoms with E-state index in [4.69, 9.17) is 9.15 Å². The normalized spacial score (nSPS) is 11.7. The fourth-order valence-electron chi connectivity index (χ4n) is 1.79. The minimum absolute atomic E-state index is 0.173. The number of hydrogen-bond acceptors (Lipinski definition) is 5. The van der Waals surface area contributed by atoms with E-state index in [1.165, 1.54) is 18.9 Å². The van der Waals surface area contributed by atoms with E-state index in [1.807, 2.05) is 19.1 Å². The fourth-order valence-corrected chi connectivity index (χ4v) is 2.58. The summed E-state index contributed by atoms with van der Waals surface area (Å²) in [7, 11) is 1.31. The van der Waals surface area contributed by atoms with Crippen molar-refractivity contribution in [2.45, 2.75) is 17.9 Å². The number of methoxy groups -OCH3 is 1. The zero-order chi connectivity index (χ0) is 15.9. The number of hydrogen-bond donors (Lipinski definition) is 1. The van der Waals surface area contributed by atoms with E-state index in [2.05, 4.69) is 5.32 Å². The lowest BCUT2D eigenvalue weighted by Gasteiger charge is -2.13. The third-order valence-electron chi connectivity index (χ3n) is 3.02. The quantitative estimate of drug-likeness (QED) is 0.827. The molecule has 0 aliphatic heterocycles. The zero-order valence-electron chi connectivity index (χ0n) is 12.4. The van der Waals surface area contributed by atoms with Gasteiger partial charge < -0.3 is 14.5 Å². The van der Waals surface area contributed by atoms with E-state index in [1.54, 1.807) is 30.5 Å². The van der Waals surface area contributed by atoms with Gasteiger partial charge in [0.05, 0.1) is 35.6 Å². The Morgan fingerprint density at radius 3 is 2.73 bits per heavy atom. The van der Waals surface area contributed by atoms with Crippen LogP contribution in [0.5, 0.6) is 0 Å². The highest BCUT2D eigenvalue weighted by atomic mass is 32.2. The predicted octanol–water partition coefficient (Wildman–Crippen LogP) is 3.33. The van der Waals surface area contributed by atoms with E-state index in [9.17, 15) is 9.59 Å². The average molecular weight is 319 g/mol. The Morgan fingerprint density at radius 1 is 1.27 bits per heavy atom. The van der Waals surface area contributed by atoms with Crippen molar-refractivity contribution in [2.24, 2.45) is 0 Å². The van der Waals surface area contributed by atoms with Gasteiger partial charge in [-0.25, -0.2) is 4.79 Å². The molecule has 0 saturated carbocycles. The summed E-state index contributed by atoms with van der Waals surface area (Å²) in [6, 6.07) is 10.4. The summed E-state index contributed by atoms with van der Waals surface area (Å²) in [5, 5.41) is 2.48. The Kier molecular flexibility index (Phi) is 5.66. The third-order valence-corrected chi connectivity index (χ3v) is 4.18. The Labute approximate surface area is 133 Å². The van der Waals surface area contributed by atoms with Crippen LogP contribution in [0.2, 0.25) is 0 Å². The summed E-state index contributed by atoms with van der Waals surface area (Å²) in [5.41, 5.74) is 0.784. The van der Waals surface area contributed by atoms with Crippen molar-refractivity contribution in [2.75, 3.05) is 12.4 Å². The van der Waals surface area contributed by atoms with Gasteiger partial charge in [-0.2, -0.15) is 0 Å². The second kappa shape index (κ2) is 7.70. The van der Waals surface area contributed by atoms with Gasteiger partial charge in [0.15, 0.2) is 0 Å². The van der Waals surface area contributed by atoms with Crippen molar-refractivity contribution in [3.63, 3.8) is 0 Å². The molecule has 6 heteroatoms. The Bertz CT molecular complexity index is 639. The number of anilines is 1. The molecular weight excluding hydrogens is 302 g/mol. The lowest BCUT2D eigenvalue weighted by atomic mass is 10.2. The number of thioether (sulfide) groups is 1. The van der Waals surface area contributed by atoms with E-state index < -0.39 is 5.97 Å². The number of furan rings is 1. The highest BCUT2D eigenvalue weighted by Crippen LogP contribution is 2.21. The second-order valence-corrected chi connectivity index (χ2v) is 5.89. The van der Waals surface area contributed by atoms with Gasteiger partial charge >= 0.3 is 5.97 Å². The Hall–Kier alpha value is -2.21. The van der Waals surface area contributed by atoms with Gasteiger partial charge in [0, 0.05) is 0 Å². The van der Waals surface area contributed by atoms with Crippen LogP contribution in [0.3, 0.4) is 0 Å². The zero-order valence-corrected chi connectivity index (χ0v) is 13.2. The number of benzene rings is 1. The molecule has 1 atom stereocenters. The maximum Gasteiger partial charge on any atom is 0.339 e. The van der Waals surface area contributed by atoms with Crippen LogP contribution >= 0.6 is 11.8 Å². The first-order chi connectivity index (χ1) is 10.6. The largest absolute Gasteiger partial charge is 0.468 e. The number of rotatable bonds is 6. The van der Waals surface area contributed by atoms with E-state index >= 15 is 0 Å². The molecule has 1 unspecified atom stereocenters. The topological polar surface area (TPSA) is 68.5 Å². The van der Waals surface area contributed by atoms with Crippen LogP contribution in [0.25, 0.3) is 0 Å². The Morgan fingerprint density at radius 2 is 2.05 bits per heavy atom. The molecule has 22 heavy (non-hydrogen) atoms. The summed E-state index contributed by atoms with van der Waals surface area (Å²) >= 11 is 1.46. The summed E-state index contributed by atoms with van der Waals surface area (Å²) in [6.45, 7) is 1.81. The van der Waals surface area contributed by atoms with E-state index in [0.29, 0.717) is 17.0 Å². The van der Waals surface area contributed by atoms with Gasteiger partial charge in [-0.15, -0.1) is 11.8 Å². The van der Waals surface area contributed by atoms with Crippen LogP contribution in [-0.4, -0.2) is 24.2 Å². The summed E-state index contributed by atoms with van der Waals surface area (Å²) in [6.07, 6.45) is 1.60. The van der Waals surface area contributed by atoms with Crippen molar-refractivity contribution in [3.8, 4) is 0 Å². The average Bonchev–Trinajstić information content (AvgIpc) is 3.05. The lowest BCUT2D eigenvalue weighted by molar-refractivity contribution is -0.115. The third kappa shape index (κ3) is 4.14. The van der Waals surface area contributed by atoms with Crippen molar-refractivity contribution in [1.82, 2.24) is 0 Å². The number of ether oxygens (including phenoxy) is 1. The highest BCUT2D eigenvalue weighted by Gasteiger charge is 2.18. The molecule has 0 radical (unpaired) electrons.